The van der Waals surface area contributed by atoms with Crippen LogP contribution in [0.4, 0.5) is 0 Å². The average molecular weight is 421 g/mol. The molecule has 1 N–H and O–H groups in total. The first kappa shape index (κ1) is 19.7. The maximum Gasteiger partial charge on any atom is 0.263 e. The molecule has 0 spiro atoms. The van der Waals surface area contributed by atoms with Gasteiger partial charge in [0.1, 0.15) is 4.88 Å². The first-order valence-corrected chi connectivity index (χ1v) is 9.92. The lowest BCUT2D eigenvalue weighted by molar-refractivity contribution is -0.130. The fourth-order valence-electron chi connectivity index (χ4n) is 2.76. The fraction of sp³-hybridized carbons (Fsp3) is 0.200. The van der Waals surface area contributed by atoms with E-state index in [0.29, 0.717) is 14.9 Å². The van der Waals surface area contributed by atoms with Gasteiger partial charge in [-0.15, -0.1) is 11.3 Å². The zero-order valence-corrected chi connectivity index (χ0v) is 17.2. The number of halogens is 2. The molecule has 3 rings (SSSR count). The Balaban J connectivity index is 1.66. The van der Waals surface area contributed by atoms with Crippen molar-refractivity contribution in [1.82, 2.24) is 10.2 Å². The summed E-state index contributed by atoms with van der Waals surface area (Å²) in [6.45, 7) is 1.78. The highest BCUT2D eigenvalue weighted by atomic mass is 35.5. The van der Waals surface area contributed by atoms with Gasteiger partial charge in [-0.2, -0.15) is 0 Å². The number of nitrogens with one attached hydrogen (secondary N) is 1. The van der Waals surface area contributed by atoms with Gasteiger partial charge in [0, 0.05) is 22.2 Å². The molecule has 0 radical (unpaired) electrons. The lowest BCUT2D eigenvalue weighted by Gasteiger charge is -2.26. The number of fused-ring (bicyclic) bond motifs is 1. The summed E-state index contributed by atoms with van der Waals surface area (Å²) in [6, 6.07) is 14.7. The minimum absolute atomic E-state index is 0.116. The van der Waals surface area contributed by atoms with Gasteiger partial charge in [0.05, 0.1) is 17.6 Å². The van der Waals surface area contributed by atoms with Crippen molar-refractivity contribution in [2.45, 2.75) is 13.0 Å². The van der Waals surface area contributed by atoms with E-state index in [1.54, 1.807) is 18.0 Å². The van der Waals surface area contributed by atoms with E-state index in [-0.39, 0.29) is 24.4 Å². The molecule has 0 fully saturated rings. The third kappa shape index (κ3) is 4.10. The Labute approximate surface area is 171 Å². The smallest absolute Gasteiger partial charge is 0.263 e. The molecule has 3 aromatic rings. The number of amides is 2. The van der Waals surface area contributed by atoms with Gasteiger partial charge in [-0.1, -0.05) is 59.6 Å². The van der Waals surface area contributed by atoms with Crippen LogP contribution >= 0.6 is 34.5 Å². The average Bonchev–Trinajstić information content (AvgIpc) is 3.02. The van der Waals surface area contributed by atoms with E-state index < -0.39 is 0 Å². The molecule has 140 valence electrons. The molecule has 7 heteroatoms. The molecule has 1 atom stereocenters. The quantitative estimate of drug-likeness (QED) is 0.619. The second-order valence-electron chi connectivity index (χ2n) is 6.13. The fourth-order valence-corrected chi connectivity index (χ4v) is 4.49. The summed E-state index contributed by atoms with van der Waals surface area (Å²) < 4.78 is 0.934. The highest BCUT2D eigenvalue weighted by Gasteiger charge is 2.21. The molecule has 0 aliphatic carbocycles. The van der Waals surface area contributed by atoms with E-state index in [9.17, 15) is 9.59 Å². The molecule has 0 aliphatic rings. The predicted octanol–water partition coefficient (Wildman–Crippen LogP) is 5.16. The molecule has 2 aromatic carbocycles. The Hall–Kier alpha value is -2.08. The largest absolute Gasteiger partial charge is 0.342 e. The summed E-state index contributed by atoms with van der Waals surface area (Å²) in [5.41, 5.74) is 0.855. The van der Waals surface area contributed by atoms with E-state index in [4.69, 9.17) is 23.2 Å². The number of hydrogen-bond donors (Lipinski definition) is 1. The van der Waals surface area contributed by atoms with Crippen LogP contribution in [0.3, 0.4) is 0 Å². The third-order valence-electron chi connectivity index (χ3n) is 4.47. The zero-order valence-electron chi connectivity index (χ0n) is 14.8. The monoisotopic (exact) mass is 420 g/mol. The Kier molecular flexibility index (Phi) is 6.05. The predicted molar refractivity (Wildman–Crippen MR) is 112 cm³/mol. The number of likely N-dealkylation sites (N-methyl/N-ethyl adjacent to an activating group) is 1. The molecule has 1 aromatic heterocycles. The van der Waals surface area contributed by atoms with E-state index in [1.807, 2.05) is 49.4 Å². The highest BCUT2D eigenvalue weighted by Crippen LogP contribution is 2.35. The van der Waals surface area contributed by atoms with E-state index in [1.165, 1.54) is 11.3 Å². The van der Waals surface area contributed by atoms with Gasteiger partial charge in [0.25, 0.3) is 5.91 Å². The zero-order chi connectivity index (χ0) is 19.6. The van der Waals surface area contributed by atoms with Crippen LogP contribution in [0.15, 0.2) is 48.5 Å². The van der Waals surface area contributed by atoms with Crippen molar-refractivity contribution in [3.8, 4) is 0 Å². The number of carbonyl (C=O) groups excluding carboxylic acids is 2. The highest BCUT2D eigenvalue weighted by molar-refractivity contribution is 7.21. The number of carbonyl (C=O) groups is 2. The number of thiophene rings is 1. The van der Waals surface area contributed by atoms with Gasteiger partial charge in [-0.05, 0) is 24.6 Å². The number of nitrogens with zero attached hydrogens (tertiary/aromatic N) is 1. The van der Waals surface area contributed by atoms with Crippen LogP contribution in [-0.2, 0) is 4.79 Å². The summed E-state index contributed by atoms with van der Waals surface area (Å²) in [7, 11) is 1.69. The lowest BCUT2D eigenvalue weighted by Crippen LogP contribution is -2.39. The first-order valence-electron chi connectivity index (χ1n) is 8.35. The third-order valence-corrected chi connectivity index (χ3v) is 6.49. The standard InChI is InChI=1S/C20H18Cl2N2O2S/c1-12(13-7-3-5-9-15(13)21)24(2)17(25)11-23-20(26)19-18(22)14-8-4-6-10-16(14)27-19/h3-10,12H,11H2,1-2H3,(H,23,26). The van der Waals surface area contributed by atoms with Crippen LogP contribution < -0.4 is 5.32 Å². The normalized spacial score (nSPS) is 12.0. The maximum absolute atomic E-state index is 12.5. The van der Waals surface area contributed by atoms with Crippen LogP contribution in [0, 0.1) is 0 Å². The number of benzene rings is 2. The molecule has 1 heterocycles. The summed E-state index contributed by atoms with van der Waals surface area (Å²) >= 11 is 13.8. The summed E-state index contributed by atoms with van der Waals surface area (Å²) in [6.07, 6.45) is 0. The van der Waals surface area contributed by atoms with Gasteiger partial charge >= 0.3 is 0 Å². The SMILES string of the molecule is CC(c1ccccc1Cl)N(C)C(=O)CNC(=O)c1sc2ccccc2c1Cl. The van der Waals surface area contributed by atoms with Crippen LogP contribution in [0.2, 0.25) is 10.0 Å². The Morgan fingerprint density at radius 1 is 1.11 bits per heavy atom. The van der Waals surface area contributed by atoms with Crippen molar-refractivity contribution in [3.05, 3.63) is 69.0 Å². The minimum atomic E-state index is -0.353. The second-order valence-corrected chi connectivity index (χ2v) is 7.96. The number of rotatable bonds is 5. The van der Waals surface area contributed by atoms with Gasteiger partial charge in [0.15, 0.2) is 0 Å². The van der Waals surface area contributed by atoms with Crippen LogP contribution in [0.5, 0.6) is 0 Å². The van der Waals surface area contributed by atoms with Gasteiger partial charge in [-0.25, -0.2) is 0 Å². The van der Waals surface area contributed by atoms with Crippen LogP contribution in [0.1, 0.15) is 28.2 Å². The maximum atomic E-state index is 12.5. The molecule has 0 saturated carbocycles. The van der Waals surface area contributed by atoms with E-state index in [2.05, 4.69) is 5.32 Å². The Bertz CT molecular complexity index is 1000. The van der Waals surface area contributed by atoms with Gasteiger partial charge in [-0.3, -0.25) is 9.59 Å². The van der Waals surface area contributed by atoms with Crippen molar-refractivity contribution in [3.63, 3.8) is 0 Å². The van der Waals surface area contributed by atoms with Crippen molar-refractivity contribution >= 4 is 56.4 Å². The molecule has 27 heavy (non-hydrogen) atoms. The number of hydrogen-bond acceptors (Lipinski definition) is 3. The summed E-state index contributed by atoms with van der Waals surface area (Å²) in [5.74, 6) is -0.568. The molecule has 0 bridgehead atoms. The van der Waals surface area contributed by atoms with Crippen molar-refractivity contribution in [1.29, 1.82) is 0 Å². The van der Waals surface area contributed by atoms with E-state index in [0.717, 1.165) is 15.6 Å². The molecule has 4 nitrogen and oxygen atoms in total. The Morgan fingerprint density at radius 3 is 2.48 bits per heavy atom. The molecule has 2 amide bonds. The van der Waals surface area contributed by atoms with Crippen molar-refractivity contribution in [2.75, 3.05) is 13.6 Å². The van der Waals surface area contributed by atoms with Crippen LogP contribution in [-0.4, -0.2) is 30.3 Å². The molecule has 0 saturated heterocycles. The minimum Gasteiger partial charge on any atom is -0.342 e. The molecular formula is C20H18Cl2N2O2S. The van der Waals surface area contributed by atoms with Crippen molar-refractivity contribution < 1.29 is 9.59 Å². The molecule has 0 aliphatic heterocycles. The Morgan fingerprint density at radius 2 is 1.78 bits per heavy atom. The first-order chi connectivity index (χ1) is 12.9. The summed E-state index contributed by atoms with van der Waals surface area (Å²) in [4.78, 5) is 27.0. The van der Waals surface area contributed by atoms with Gasteiger partial charge in [0.2, 0.25) is 5.91 Å². The molecular weight excluding hydrogens is 403 g/mol. The topological polar surface area (TPSA) is 49.4 Å². The lowest BCUT2D eigenvalue weighted by atomic mass is 10.1. The summed E-state index contributed by atoms with van der Waals surface area (Å²) in [5, 5.41) is 4.52. The van der Waals surface area contributed by atoms with Crippen LogP contribution in [0.25, 0.3) is 10.1 Å². The van der Waals surface area contributed by atoms with Gasteiger partial charge < -0.3 is 10.2 Å². The van der Waals surface area contributed by atoms with Crippen molar-refractivity contribution in [2.24, 2.45) is 0 Å². The van der Waals surface area contributed by atoms with E-state index >= 15 is 0 Å². The second kappa shape index (κ2) is 8.30. The molecule has 1 unspecified atom stereocenters.